The monoisotopic (exact) mass is 320 g/mol. The van der Waals surface area contributed by atoms with Crippen molar-refractivity contribution in [1.29, 1.82) is 0 Å². The highest BCUT2D eigenvalue weighted by Crippen LogP contribution is 2.47. The molecule has 0 radical (unpaired) electrons. The fourth-order valence-electron chi connectivity index (χ4n) is 1.93. The van der Waals surface area contributed by atoms with Gasteiger partial charge in [0.1, 0.15) is 4.99 Å². The number of halogens is 3. The Kier molecular flexibility index (Phi) is 4.20. The van der Waals surface area contributed by atoms with Gasteiger partial charge >= 0.3 is 6.18 Å². The van der Waals surface area contributed by atoms with Gasteiger partial charge in [-0.25, -0.2) is 0 Å². The van der Waals surface area contributed by atoms with Crippen LogP contribution in [0.2, 0.25) is 0 Å². The Morgan fingerprint density at radius 3 is 2.55 bits per heavy atom. The van der Waals surface area contributed by atoms with Crippen molar-refractivity contribution in [2.75, 3.05) is 18.1 Å². The van der Waals surface area contributed by atoms with Crippen molar-refractivity contribution >= 4 is 34.7 Å². The molecule has 1 aromatic rings. The zero-order valence-corrected chi connectivity index (χ0v) is 12.5. The Morgan fingerprint density at radius 2 is 2.10 bits per heavy atom. The molecule has 2 rings (SSSR count). The van der Waals surface area contributed by atoms with Gasteiger partial charge in [0.15, 0.2) is 0 Å². The van der Waals surface area contributed by atoms with Crippen LogP contribution in [0.15, 0.2) is 18.2 Å². The van der Waals surface area contributed by atoms with Crippen molar-refractivity contribution in [3.05, 3.63) is 29.3 Å². The summed E-state index contributed by atoms with van der Waals surface area (Å²) in [6.07, 6.45) is -0.126. The molecule has 0 bridgehead atoms. The molecule has 1 aliphatic carbocycles. The highest BCUT2D eigenvalue weighted by molar-refractivity contribution is 8.00. The summed E-state index contributed by atoms with van der Waals surface area (Å²) in [4.78, 5) is -0.0346. The second kappa shape index (κ2) is 5.44. The fraction of sp³-hybridized carbons (Fsp3) is 0.462. The summed E-state index contributed by atoms with van der Waals surface area (Å²) >= 11 is 6.62. The summed E-state index contributed by atoms with van der Waals surface area (Å²) in [6.45, 7) is 0.704. The molecule has 0 atom stereocenters. The molecule has 20 heavy (non-hydrogen) atoms. The number of hydrogen-bond donors (Lipinski definition) is 2. The van der Waals surface area contributed by atoms with E-state index in [9.17, 15) is 13.2 Å². The van der Waals surface area contributed by atoms with E-state index in [0.29, 0.717) is 12.2 Å². The van der Waals surface area contributed by atoms with Gasteiger partial charge in [-0.15, -0.1) is 0 Å². The quantitative estimate of drug-likeness (QED) is 0.812. The van der Waals surface area contributed by atoms with Crippen molar-refractivity contribution in [1.82, 2.24) is 0 Å². The first-order valence-electron chi connectivity index (χ1n) is 6.07. The van der Waals surface area contributed by atoms with Crippen molar-refractivity contribution in [3.63, 3.8) is 0 Å². The molecular weight excluding hydrogens is 305 g/mol. The van der Waals surface area contributed by atoms with Crippen LogP contribution < -0.4 is 11.1 Å². The number of alkyl halides is 3. The van der Waals surface area contributed by atoms with Crippen LogP contribution in [0.4, 0.5) is 18.9 Å². The Labute approximate surface area is 125 Å². The summed E-state index contributed by atoms with van der Waals surface area (Å²) in [5, 5.41) is 3.17. The topological polar surface area (TPSA) is 38.0 Å². The molecular formula is C13H15F3N2S2. The average Bonchev–Trinajstić information content (AvgIpc) is 3.15. The van der Waals surface area contributed by atoms with E-state index in [4.69, 9.17) is 18.0 Å². The smallest absolute Gasteiger partial charge is 0.389 e. The first kappa shape index (κ1) is 15.4. The summed E-state index contributed by atoms with van der Waals surface area (Å²) in [6, 6.07) is 3.44. The third-order valence-corrected chi connectivity index (χ3v) is 5.09. The lowest BCUT2D eigenvalue weighted by molar-refractivity contribution is -0.137. The van der Waals surface area contributed by atoms with Crippen molar-refractivity contribution in [2.45, 2.75) is 23.8 Å². The molecule has 0 aromatic heterocycles. The van der Waals surface area contributed by atoms with Gasteiger partial charge in [-0.1, -0.05) is 12.2 Å². The van der Waals surface area contributed by atoms with Crippen molar-refractivity contribution in [3.8, 4) is 0 Å². The van der Waals surface area contributed by atoms with Crippen LogP contribution in [-0.4, -0.2) is 22.5 Å². The van der Waals surface area contributed by atoms with Crippen LogP contribution in [0.3, 0.4) is 0 Å². The second-order valence-electron chi connectivity index (χ2n) is 4.86. The molecule has 1 aromatic carbocycles. The second-order valence-corrected chi connectivity index (χ2v) is 6.58. The number of rotatable bonds is 5. The number of nitrogens with two attached hydrogens (primary N) is 1. The molecule has 1 saturated carbocycles. The van der Waals surface area contributed by atoms with Crippen LogP contribution >= 0.6 is 24.0 Å². The van der Waals surface area contributed by atoms with Crippen LogP contribution in [0.25, 0.3) is 0 Å². The number of hydrogen-bond acceptors (Lipinski definition) is 3. The molecule has 110 valence electrons. The molecule has 3 N–H and O–H groups in total. The Bertz CT molecular complexity index is 525. The highest BCUT2D eigenvalue weighted by atomic mass is 32.2. The minimum atomic E-state index is -4.39. The molecule has 2 nitrogen and oxygen atoms in total. The molecule has 0 aliphatic heterocycles. The van der Waals surface area contributed by atoms with Crippen LogP contribution in [-0.2, 0) is 6.18 Å². The fourth-order valence-corrected chi connectivity index (χ4v) is 2.82. The molecule has 7 heteroatoms. The molecule has 0 heterocycles. The minimum absolute atomic E-state index is 0.0346. The van der Waals surface area contributed by atoms with E-state index in [1.807, 2.05) is 6.26 Å². The average molecular weight is 320 g/mol. The minimum Gasteiger partial charge on any atom is -0.389 e. The van der Waals surface area contributed by atoms with E-state index >= 15 is 0 Å². The SMILES string of the molecule is CSC1(CNc2ccc(C(F)(F)F)cc2C(N)=S)CC1. The third kappa shape index (κ3) is 3.38. The summed E-state index contributed by atoms with van der Waals surface area (Å²) in [5.74, 6) is 0. The highest BCUT2D eigenvalue weighted by Gasteiger charge is 2.41. The third-order valence-electron chi connectivity index (χ3n) is 3.45. The van der Waals surface area contributed by atoms with Gasteiger partial charge in [-0.2, -0.15) is 24.9 Å². The van der Waals surface area contributed by atoms with Crippen molar-refractivity contribution in [2.24, 2.45) is 5.73 Å². The molecule has 0 spiro atoms. The number of anilines is 1. The van der Waals surface area contributed by atoms with Gasteiger partial charge in [0.05, 0.1) is 5.56 Å². The lowest BCUT2D eigenvalue weighted by Gasteiger charge is -2.18. The Balaban J connectivity index is 2.22. The lowest BCUT2D eigenvalue weighted by Crippen LogP contribution is -2.21. The first-order chi connectivity index (χ1) is 9.27. The zero-order chi connectivity index (χ0) is 15.0. The van der Waals surface area contributed by atoms with Crippen LogP contribution in [0, 0.1) is 0 Å². The van der Waals surface area contributed by atoms with Gasteiger partial charge in [-0.3, -0.25) is 0 Å². The maximum atomic E-state index is 12.7. The van der Waals surface area contributed by atoms with E-state index in [1.54, 1.807) is 11.8 Å². The summed E-state index contributed by atoms with van der Waals surface area (Å²) in [5.41, 5.74) is 5.60. The molecule has 0 unspecified atom stereocenters. The first-order valence-corrected chi connectivity index (χ1v) is 7.71. The van der Waals surface area contributed by atoms with Gasteiger partial charge in [0.2, 0.25) is 0 Å². The molecule has 1 aliphatic rings. The van der Waals surface area contributed by atoms with E-state index in [-0.39, 0.29) is 15.3 Å². The van der Waals surface area contributed by atoms with Gasteiger partial charge in [0.25, 0.3) is 0 Å². The number of thiocarbonyl (C=S) groups is 1. The number of benzene rings is 1. The maximum Gasteiger partial charge on any atom is 0.416 e. The predicted molar refractivity (Wildman–Crippen MR) is 81.3 cm³/mol. The lowest BCUT2D eigenvalue weighted by atomic mass is 10.1. The number of nitrogens with one attached hydrogen (secondary N) is 1. The maximum absolute atomic E-state index is 12.7. The molecule has 0 amide bonds. The van der Waals surface area contributed by atoms with E-state index in [0.717, 1.165) is 25.0 Å². The summed E-state index contributed by atoms with van der Waals surface area (Å²) in [7, 11) is 0. The Morgan fingerprint density at radius 1 is 1.45 bits per heavy atom. The standard InChI is InChI=1S/C13H15F3N2S2/c1-20-12(4-5-12)7-18-10-3-2-8(13(14,15)16)6-9(10)11(17)19/h2-3,6,18H,4-5,7H2,1H3,(H2,17,19). The Hall–Kier alpha value is -0.950. The largest absolute Gasteiger partial charge is 0.416 e. The number of thioether (sulfide) groups is 1. The van der Waals surface area contributed by atoms with E-state index in [2.05, 4.69) is 5.32 Å². The molecule has 0 saturated heterocycles. The van der Waals surface area contributed by atoms with Gasteiger partial charge in [0, 0.05) is 22.5 Å². The van der Waals surface area contributed by atoms with Crippen LogP contribution in [0.5, 0.6) is 0 Å². The normalized spacial score (nSPS) is 16.8. The summed E-state index contributed by atoms with van der Waals surface area (Å²) < 4.78 is 38.3. The van der Waals surface area contributed by atoms with E-state index < -0.39 is 11.7 Å². The van der Waals surface area contributed by atoms with Crippen molar-refractivity contribution < 1.29 is 13.2 Å². The predicted octanol–water partition coefficient (Wildman–Crippen LogP) is 3.65. The van der Waals surface area contributed by atoms with Crippen LogP contribution in [0.1, 0.15) is 24.0 Å². The molecule has 1 fully saturated rings. The van der Waals surface area contributed by atoms with Gasteiger partial charge < -0.3 is 11.1 Å². The van der Waals surface area contributed by atoms with Gasteiger partial charge in [-0.05, 0) is 37.3 Å². The zero-order valence-electron chi connectivity index (χ0n) is 10.9. The van der Waals surface area contributed by atoms with E-state index in [1.165, 1.54) is 6.07 Å².